The first-order valence-electron chi connectivity index (χ1n) is 6.58. The molecule has 0 unspecified atom stereocenters. The molecule has 0 spiro atoms. The molecule has 3 heteroatoms. The number of aromatic nitrogens is 1. The second-order valence-electron chi connectivity index (χ2n) is 5.26. The van der Waals surface area contributed by atoms with E-state index >= 15 is 0 Å². The lowest BCUT2D eigenvalue weighted by Crippen LogP contribution is -2.27. The number of benzene rings is 1. The van der Waals surface area contributed by atoms with Gasteiger partial charge in [0.2, 0.25) is 5.91 Å². The summed E-state index contributed by atoms with van der Waals surface area (Å²) in [4.78, 5) is 14.8. The Morgan fingerprint density at radius 1 is 1.44 bits per heavy atom. The Kier molecular flexibility index (Phi) is 2.82. The summed E-state index contributed by atoms with van der Waals surface area (Å²) in [6.45, 7) is 2.86. The number of H-pyrrole nitrogens is 1. The fourth-order valence-corrected chi connectivity index (χ4v) is 2.41. The van der Waals surface area contributed by atoms with Gasteiger partial charge in [-0.2, -0.15) is 0 Å². The normalized spacial score (nSPS) is 22.1. The first kappa shape index (κ1) is 11.3. The number of hydrogen-bond acceptors (Lipinski definition) is 1. The lowest BCUT2D eigenvalue weighted by molar-refractivity contribution is -0.122. The van der Waals surface area contributed by atoms with Crippen LogP contribution in [0.3, 0.4) is 0 Å². The number of nitrogens with one attached hydrogen (secondary N) is 2. The second kappa shape index (κ2) is 4.48. The monoisotopic (exact) mass is 242 g/mol. The Hall–Kier alpha value is -1.77. The third-order valence-corrected chi connectivity index (χ3v) is 3.78. The molecule has 1 fully saturated rings. The van der Waals surface area contributed by atoms with Gasteiger partial charge in [-0.25, -0.2) is 0 Å². The molecule has 1 aliphatic carbocycles. The van der Waals surface area contributed by atoms with E-state index in [1.165, 1.54) is 10.9 Å². The van der Waals surface area contributed by atoms with Crippen LogP contribution in [0.2, 0.25) is 0 Å². The van der Waals surface area contributed by atoms with Crippen LogP contribution in [-0.4, -0.2) is 17.4 Å². The van der Waals surface area contributed by atoms with Crippen molar-refractivity contribution in [3.05, 3.63) is 36.0 Å². The zero-order chi connectivity index (χ0) is 12.5. The maximum absolute atomic E-state index is 11.7. The molecule has 1 heterocycles. The van der Waals surface area contributed by atoms with Gasteiger partial charge in [-0.3, -0.25) is 4.79 Å². The topological polar surface area (TPSA) is 44.9 Å². The van der Waals surface area contributed by atoms with E-state index in [4.69, 9.17) is 0 Å². The molecule has 0 radical (unpaired) electrons. The Bertz CT molecular complexity index is 573. The van der Waals surface area contributed by atoms with Gasteiger partial charge in [-0.1, -0.05) is 13.0 Å². The van der Waals surface area contributed by atoms with Gasteiger partial charge in [0.05, 0.1) is 0 Å². The highest BCUT2D eigenvalue weighted by Crippen LogP contribution is 2.37. The average Bonchev–Trinajstić information content (AvgIpc) is 2.91. The molecule has 18 heavy (non-hydrogen) atoms. The summed E-state index contributed by atoms with van der Waals surface area (Å²) in [7, 11) is 0. The third-order valence-electron chi connectivity index (χ3n) is 3.78. The van der Waals surface area contributed by atoms with Crippen molar-refractivity contribution in [3.63, 3.8) is 0 Å². The maximum Gasteiger partial charge on any atom is 0.223 e. The minimum atomic E-state index is 0.227. The van der Waals surface area contributed by atoms with E-state index in [0.717, 1.165) is 24.9 Å². The fraction of sp³-hybridized carbons (Fsp3) is 0.400. The van der Waals surface area contributed by atoms with Crippen LogP contribution in [0.5, 0.6) is 0 Å². The number of amides is 1. The van der Waals surface area contributed by atoms with Gasteiger partial charge in [-0.15, -0.1) is 0 Å². The van der Waals surface area contributed by atoms with Crippen LogP contribution < -0.4 is 5.32 Å². The summed E-state index contributed by atoms with van der Waals surface area (Å²) in [6, 6.07) is 8.46. The summed E-state index contributed by atoms with van der Waals surface area (Å²) in [5.74, 6) is 1.09. The molecule has 3 rings (SSSR count). The van der Waals surface area contributed by atoms with Crippen LogP contribution in [0.1, 0.15) is 18.9 Å². The van der Waals surface area contributed by atoms with E-state index < -0.39 is 0 Å². The molecule has 1 amide bonds. The van der Waals surface area contributed by atoms with E-state index in [2.05, 4.69) is 41.5 Å². The molecule has 3 nitrogen and oxygen atoms in total. The maximum atomic E-state index is 11.7. The van der Waals surface area contributed by atoms with E-state index in [9.17, 15) is 4.79 Å². The molecule has 1 saturated carbocycles. The molecule has 0 saturated heterocycles. The predicted octanol–water partition coefficient (Wildman–Crippen LogP) is 2.48. The Morgan fingerprint density at radius 2 is 2.28 bits per heavy atom. The molecular formula is C15H18N2O. The molecule has 2 atom stereocenters. The average molecular weight is 242 g/mol. The van der Waals surface area contributed by atoms with Crippen molar-refractivity contribution >= 4 is 16.8 Å². The van der Waals surface area contributed by atoms with Gasteiger partial charge in [0, 0.05) is 24.2 Å². The van der Waals surface area contributed by atoms with Crippen molar-refractivity contribution in [1.82, 2.24) is 10.3 Å². The predicted molar refractivity (Wildman–Crippen MR) is 72.3 cm³/mol. The van der Waals surface area contributed by atoms with Crippen molar-refractivity contribution in [2.24, 2.45) is 11.8 Å². The van der Waals surface area contributed by atoms with Crippen LogP contribution in [-0.2, 0) is 11.2 Å². The first-order valence-corrected chi connectivity index (χ1v) is 6.58. The summed E-state index contributed by atoms with van der Waals surface area (Å²) < 4.78 is 0. The van der Waals surface area contributed by atoms with E-state index in [1.807, 2.05) is 6.20 Å². The summed E-state index contributed by atoms with van der Waals surface area (Å²) >= 11 is 0. The van der Waals surface area contributed by atoms with Crippen molar-refractivity contribution < 1.29 is 4.79 Å². The van der Waals surface area contributed by atoms with E-state index in [-0.39, 0.29) is 11.8 Å². The molecule has 0 bridgehead atoms. The highest BCUT2D eigenvalue weighted by Gasteiger charge is 2.38. The molecular weight excluding hydrogens is 224 g/mol. The van der Waals surface area contributed by atoms with Gasteiger partial charge in [0.1, 0.15) is 0 Å². The van der Waals surface area contributed by atoms with Crippen LogP contribution >= 0.6 is 0 Å². The number of carbonyl (C=O) groups excluding carboxylic acids is 1. The Morgan fingerprint density at radius 3 is 3.06 bits per heavy atom. The quantitative estimate of drug-likeness (QED) is 0.850. The molecule has 1 aromatic heterocycles. The van der Waals surface area contributed by atoms with Crippen LogP contribution in [0.15, 0.2) is 30.5 Å². The van der Waals surface area contributed by atoms with Crippen LogP contribution in [0.25, 0.3) is 10.9 Å². The molecule has 2 N–H and O–H groups in total. The molecule has 0 aliphatic heterocycles. The summed E-state index contributed by atoms with van der Waals surface area (Å²) in [5, 5.41) is 4.25. The fourth-order valence-electron chi connectivity index (χ4n) is 2.41. The second-order valence-corrected chi connectivity index (χ2v) is 5.26. The number of hydrogen-bond donors (Lipinski definition) is 2. The molecule has 1 aromatic carbocycles. The zero-order valence-electron chi connectivity index (χ0n) is 10.6. The number of rotatable bonds is 4. The standard InChI is InChI=1S/C15H18N2O/c1-10-8-13(10)15(18)17-6-4-11-2-3-14-12(9-11)5-7-16-14/h2-3,5,7,9-10,13,16H,4,6,8H2,1H3,(H,17,18)/t10-,13-/m1/s1. The van der Waals surface area contributed by atoms with Gasteiger partial charge < -0.3 is 10.3 Å². The third kappa shape index (κ3) is 2.26. The number of fused-ring (bicyclic) bond motifs is 1. The lowest BCUT2D eigenvalue weighted by Gasteiger charge is -2.05. The Balaban J connectivity index is 1.54. The SMILES string of the molecule is C[C@@H]1C[C@H]1C(=O)NCCc1ccc2[nH]ccc2c1. The highest BCUT2D eigenvalue weighted by atomic mass is 16.2. The first-order chi connectivity index (χ1) is 8.74. The summed E-state index contributed by atoms with van der Waals surface area (Å²) in [6.07, 6.45) is 3.90. The summed E-state index contributed by atoms with van der Waals surface area (Å²) in [5.41, 5.74) is 2.43. The van der Waals surface area contributed by atoms with Gasteiger partial charge in [0.15, 0.2) is 0 Å². The number of aromatic amines is 1. The van der Waals surface area contributed by atoms with Crippen LogP contribution in [0, 0.1) is 11.8 Å². The zero-order valence-corrected chi connectivity index (χ0v) is 10.6. The minimum Gasteiger partial charge on any atom is -0.361 e. The van der Waals surface area contributed by atoms with Crippen molar-refractivity contribution in [3.8, 4) is 0 Å². The minimum absolute atomic E-state index is 0.227. The van der Waals surface area contributed by atoms with Crippen molar-refractivity contribution in [1.29, 1.82) is 0 Å². The van der Waals surface area contributed by atoms with Gasteiger partial charge >= 0.3 is 0 Å². The van der Waals surface area contributed by atoms with Gasteiger partial charge in [-0.05, 0) is 47.9 Å². The van der Waals surface area contributed by atoms with Gasteiger partial charge in [0.25, 0.3) is 0 Å². The van der Waals surface area contributed by atoms with E-state index in [0.29, 0.717) is 5.92 Å². The molecule has 2 aromatic rings. The molecule has 94 valence electrons. The Labute approximate surface area is 107 Å². The number of carbonyl (C=O) groups is 1. The van der Waals surface area contributed by atoms with E-state index in [1.54, 1.807) is 0 Å². The van der Waals surface area contributed by atoms with Crippen molar-refractivity contribution in [2.75, 3.05) is 6.54 Å². The largest absolute Gasteiger partial charge is 0.361 e. The molecule has 1 aliphatic rings. The highest BCUT2D eigenvalue weighted by molar-refractivity contribution is 5.81. The van der Waals surface area contributed by atoms with Crippen molar-refractivity contribution in [2.45, 2.75) is 19.8 Å². The van der Waals surface area contributed by atoms with Crippen LogP contribution in [0.4, 0.5) is 0 Å². The smallest absolute Gasteiger partial charge is 0.223 e. The lowest BCUT2D eigenvalue weighted by atomic mass is 10.1.